The standard InChI is InChI=1S/C18H25N5O4S/c1-12-5-6-16(28-12)15(10-17(24)25)23-26-8-7-21-27-11-13-3-2-4-14(9-13)22-18(19)20/h2-6,9,15,21,23H,7-8,10-11H2,1H3,(H,24,25)(H4,19,20,22). The van der Waals surface area contributed by atoms with Crippen LogP contribution in [0.3, 0.4) is 0 Å². The number of carbonyl (C=O) groups is 1. The number of aliphatic imine (C=N–C) groups is 1. The number of thiophene rings is 1. The van der Waals surface area contributed by atoms with Gasteiger partial charge in [-0.1, -0.05) is 12.1 Å². The van der Waals surface area contributed by atoms with Crippen LogP contribution in [-0.4, -0.2) is 30.2 Å². The number of carboxylic acid groups (broad SMARTS) is 1. The predicted octanol–water partition coefficient (Wildman–Crippen LogP) is 1.72. The molecule has 9 nitrogen and oxygen atoms in total. The lowest BCUT2D eigenvalue weighted by molar-refractivity contribution is -0.138. The largest absolute Gasteiger partial charge is 0.481 e. The molecule has 10 heteroatoms. The van der Waals surface area contributed by atoms with Gasteiger partial charge in [0.15, 0.2) is 5.96 Å². The molecule has 0 aliphatic carbocycles. The van der Waals surface area contributed by atoms with Gasteiger partial charge in [0.25, 0.3) is 0 Å². The lowest BCUT2D eigenvalue weighted by atomic mass is 10.2. The fraction of sp³-hybridized carbons (Fsp3) is 0.333. The van der Waals surface area contributed by atoms with E-state index in [1.807, 2.05) is 37.3 Å². The van der Waals surface area contributed by atoms with E-state index in [1.54, 1.807) is 17.4 Å². The summed E-state index contributed by atoms with van der Waals surface area (Å²) in [6.07, 6.45) is -0.0595. The first-order valence-electron chi connectivity index (χ1n) is 8.62. The Balaban J connectivity index is 1.67. The second-order valence-corrected chi connectivity index (χ2v) is 7.27. The second kappa shape index (κ2) is 11.4. The van der Waals surface area contributed by atoms with Crippen LogP contribution in [0, 0.1) is 6.92 Å². The molecule has 0 saturated carbocycles. The highest BCUT2D eigenvalue weighted by Gasteiger charge is 2.17. The van der Waals surface area contributed by atoms with Gasteiger partial charge >= 0.3 is 5.97 Å². The molecule has 1 aromatic heterocycles. The number of nitrogens with zero attached hydrogens (tertiary/aromatic N) is 1. The molecule has 152 valence electrons. The van der Waals surface area contributed by atoms with Gasteiger partial charge in [-0.2, -0.15) is 11.0 Å². The van der Waals surface area contributed by atoms with Crippen molar-refractivity contribution in [3.8, 4) is 0 Å². The highest BCUT2D eigenvalue weighted by Crippen LogP contribution is 2.25. The normalized spacial score (nSPS) is 11.9. The van der Waals surface area contributed by atoms with Crippen LogP contribution in [0.2, 0.25) is 0 Å². The summed E-state index contributed by atoms with van der Waals surface area (Å²) in [5.74, 6) is -0.892. The van der Waals surface area contributed by atoms with Gasteiger partial charge < -0.3 is 16.6 Å². The summed E-state index contributed by atoms with van der Waals surface area (Å²) in [6, 6.07) is 10.8. The summed E-state index contributed by atoms with van der Waals surface area (Å²) in [7, 11) is 0. The van der Waals surface area contributed by atoms with Gasteiger partial charge in [0.05, 0.1) is 31.4 Å². The van der Waals surface area contributed by atoms with Gasteiger partial charge in [-0.05, 0) is 36.8 Å². The number of benzene rings is 1. The van der Waals surface area contributed by atoms with Crippen LogP contribution in [0.15, 0.2) is 41.4 Å². The molecule has 0 saturated heterocycles. The van der Waals surface area contributed by atoms with Gasteiger partial charge in [0, 0.05) is 16.3 Å². The zero-order chi connectivity index (χ0) is 20.4. The van der Waals surface area contributed by atoms with Crippen LogP contribution in [-0.2, 0) is 21.1 Å². The molecule has 0 radical (unpaired) electrons. The topological polar surface area (TPSA) is 144 Å². The number of hydrogen-bond acceptors (Lipinski definition) is 7. The molecule has 0 aliphatic rings. The fourth-order valence-corrected chi connectivity index (χ4v) is 3.26. The lowest BCUT2D eigenvalue weighted by Gasteiger charge is -2.15. The molecular weight excluding hydrogens is 382 g/mol. The zero-order valence-corrected chi connectivity index (χ0v) is 16.4. The number of carboxylic acids is 1. The maximum atomic E-state index is 11.0. The molecular formula is C18H25N5O4S. The first kappa shape index (κ1) is 21.8. The van der Waals surface area contributed by atoms with Crippen LogP contribution in [0.5, 0.6) is 0 Å². The number of guanidine groups is 1. The molecule has 0 spiro atoms. The average Bonchev–Trinajstić information content (AvgIpc) is 3.05. The maximum absolute atomic E-state index is 11.0. The molecule has 0 aliphatic heterocycles. The number of nitrogens with two attached hydrogens (primary N) is 2. The Morgan fingerprint density at radius 2 is 2.11 bits per heavy atom. The van der Waals surface area contributed by atoms with Crippen molar-refractivity contribution >= 4 is 29.0 Å². The van der Waals surface area contributed by atoms with E-state index in [0.29, 0.717) is 25.4 Å². The van der Waals surface area contributed by atoms with E-state index >= 15 is 0 Å². The van der Waals surface area contributed by atoms with Crippen molar-refractivity contribution < 1.29 is 19.6 Å². The van der Waals surface area contributed by atoms with E-state index in [0.717, 1.165) is 15.3 Å². The third-order valence-electron chi connectivity index (χ3n) is 3.52. The molecule has 1 unspecified atom stereocenters. The number of aryl methyl sites for hydroxylation is 1. The Hall–Kier alpha value is -2.50. The predicted molar refractivity (Wildman–Crippen MR) is 108 cm³/mol. The molecule has 1 atom stereocenters. The van der Waals surface area contributed by atoms with E-state index < -0.39 is 12.0 Å². The summed E-state index contributed by atoms with van der Waals surface area (Å²) in [4.78, 5) is 27.8. The van der Waals surface area contributed by atoms with E-state index in [-0.39, 0.29) is 12.4 Å². The van der Waals surface area contributed by atoms with Crippen molar-refractivity contribution in [1.29, 1.82) is 0 Å². The van der Waals surface area contributed by atoms with Crippen LogP contribution >= 0.6 is 11.3 Å². The van der Waals surface area contributed by atoms with Crippen molar-refractivity contribution in [3.05, 3.63) is 51.7 Å². The Bertz CT molecular complexity index is 792. The molecule has 28 heavy (non-hydrogen) atoms. The third-order valence-corrected chi connectivity index (χ3v) is 4.64. The summed E-state index contributed by atoms with van der Waals surface area (Å²) in [6.45, 7) is 3.02. The molecule has 1 heterocycles. The minimum absolute atomic E-state index is 0.000228. The van der Waals surface area contributed by atoms with Crippen LogP contribution in [0.1, 0.15) is 27.8 Å². The van der Waals surface area contributed by atoms with Crippen molar-refractivity contribution in [2.24, 2.45) is 16.5 Å². The number of hydroxylamine groups is 2. The van der Waals surface area contributed by atoms with E-state index in [2.05, 4.69) is 16.0 Å². The average molecular weight is 407 g/mol. The van der Waals surface area contributed by atoms with Crippen molar-refractivity contribution in [2.45, 2.75) is 26.0 Å². The Morgan fingerprint density at radius 3 is 2.79 bits per heavy atom. The molecule has 1 aromatic carbocycles. The first-order valence-corrected chi connectivity index (χ1v) is 9.44. The van der Waals surface area contributed by atoms with Crippen molar-refractivity contribution in [3.63, 3.8) is 0 Å². The van der Waals surface area contributed by atoms with Crippen LogP contribution in [0.25, 0.3) is 0 Å². The molecule has 0 amide bonds. The summed E-state index contributed by atoms with van der Waals surface area (Å²) in [5, 5.41) is 9.06. The minimum atomic E-state index is -0.892. The van der Waals surface area contributed by atoms with Crippen LogP contribution < -0.4 is 22.4 Å². The van der Waals surface area contributed by atoms with Crippen LogP contribution in [0.4, 0.5) is 5.69 Å². The first-order chi connectivity index (χ1) is 13.4. The maximum Gasteiger partial charge on any atom is 0.305 e. The van der Waals surface area contributed by atoms with Gasteiger partial charge in [-0.3, -0.25) is 14.5 Å². The highest BCUT2D eigenvalue weighted by atomic mass is 32.1. The van der Waals surface area contributed by atoms with Crippen molar-refractivity contribution in [2.75, 3.05) is 13.2 Å². The Labute approximate surface area is 167 Å². The van der Waals surface area contributed by atoms with Gasteiger partial charge in [-0.25, -0.2) is 4.99 Å². The quantitative estimate of drug-likeness (QED) is 0.155. The highest BCUT2D eigenvalue weighted by molar-refractivity contribution is 7.12. The zero-order valence-electron chi connectivity index (χ0n) is 15.6. The Kier molecular flexibility index (Phi) is 8.85. The van der Waals surface area contributed by atoms with Gasteiger partial charge in [0.2, 0.25) is 0 Å². The number of hydrogen-bond donors (Lipinski definition) is 5. The van der Waals surface area contributed by atoms with E-state index in [1.165, 1.54) is 0 Å². The van der Waals surface area contributed by atoms with Gasteiger partial charge in [0.1, 0.15) is 0 Å². The fourth-order valence-electron chi connectivity index (χ4n) is 2.34. The lowest BCUT2D eigenvalue weighted by Crippen LogP contribution is -2.28. The number of rotatable bonds is 12. The smallest absolute Gasteiger partial charge is 0.305 e. The third kappa shape index (κ3) is 8.03. The minimum Gasteiger partial charge on any atom is -0.481 e. The monoisotopic (exact) mass is 407 g/mol. The summed E-state index contributed by atoms with van der Waals surface area (Å²) >= 11 is 1.54. The van der Waals surface area contributed by atoms with E-state index in [9.17, 15) is 4.79 Å². The van der Waals surface area contributed by atoms with Crippen molar-refractivity contribution in [1.82, 2.24) is 11.0 Å². The number of nitrogens with one attached hydrogen (secondary N) is 2. The second-order valence-electron chi connectivity index (χ2n) is 5.95. The number of aliphatic carboxylic acids is 1. The molecule has 0 bridgehead atoms. The Morgan fingerprint density at radius 1 is 1.29 bits per heavy atom. The molecule has 7 N–H and O–H groups in total. The van der Waals surface area contributed by atoms with E-state index in [4.69, 9.17) is 26.2 Å². The molecule has 2 rings (SSSR count). The molecule has 2 aromatic rings. The molecule has 0 fully saturated rings. The summed E-state index contributed by atoms with van der Waals surface area (Å²) < 4.78 is 0. The van der Waals surface area contributed by atoms with Gasteiger partial charge in [-0.15, -0.1) is 11.3 Å². The SMILES string of the molecule is Cc1ccc(C(CC(=O)O)NOCCNOCc2cccc(N=C(N)N)c2)s1. The summed E-state index contributed by atoms with van der Waals surface area (Å²) in [5.41, 5.74) is 17.9.